The summed E-state index contributed by atoms with van der Waals surface area (Å²) in [7, 11) is 0. The first kappa shape index (κ1) is 11.7. The van der Waals surface area contributed by atoms with Crippen molar-refractivity contribution in [1.82, 2.24) is 0 Å². The number of carboxylic acid groups (broad SMARTS) is 1. The van der Waals surface area contributed by atoms with Gasteiger partial charge in [0, 0.05) is 17.1 Å². The van der Waals surface area contributed by atoms with Crippen molar-refractivity contribution in [2.45, 2.75) is 6.42 Å². The van der Waals surface area contributed by atoms with Gasteiger partial charge in [0.15, 0.2) is 0 Å². The molecule has 0 bridgehead atoms. The van der Waals surface area contributed by atoms with Crippen molar-refractivity contribution in [2.75, 3.05) is 11.9 Å². The Balaban J connectivity index is 1.90. The maximum absolute atomic E-state index is 10.8. The van der Waals surface area contributed by atoms with Crippen LogP contribution in [0.3, 0.4) is 0 Å². The van der Waals surface area contributed by atoms with Gasteiger partial charge in [-0.2, -0.15) is 0 Å². The Kier molecular flexibility index (Phi) is 3.77. The molecule has 0 unspecified atom stereocenters. The topological polar surface area (TPSA) is 49.3 Å². The maximum Gasteiger partial charge on any atom is 0.335 e. The molecule has 1 aromatic heterocycles. The van der Waals surface area contributed by atoms with E-state index in [0.717, 1.165) is 18.7 Å². The largest absolute Gasteiger partial charge is 0.478 e. The fourth-order valence-corrected chi connectivity index (χ4v) is 2.26. The van der Waals surface area contributed by atoms with Crippen molar-refractivity contribution in [3.05, 3.63) is 52.2 Å². The van der Waals surface area contributed by atoms with Gasteiger partial charge in [0.25, 0.3) is 0 Å². The Morgan fingerprint density at radius 2 is 2.18 bits per heavy atom. The second kappa shape index (κ2) is 5.50. The lowest BCUT2D eigenvalue weighted by Gasteiger charge is -2.06. The molecular formula is C13H13NO2S. The lowest BCUT2D eigenvalue weighted by molar-refractivity contribution is 0.0697. The van der Waals surface area contributed by atoms with Gasteiger partial charge >= 0.3 is 5.97 Å². The van der Waals surface area contributed by atoms with Gasteiger partial charge < -0.3 is 10.4 Å². The van der Waals surface area contributed by atoms with Crippen molar-refractivity contribution in [3.8, 4) is 0 Å². The van der Waals surface area contributed by atoms with Crippen LogP contribution in [0.25, 0.3) is 0 Å². The number of aromatic carboxylic acids is 1. The van der Waals surface area contributed by atoms with Gasteiger partial charge in [0.1, 0.15) is 0 Å². The third kappa shape index (κ3) is 3.32. The van der Waals surface area contributed by atoms with E-state index in [0.29, 0.717) is 5.56 Å². The molecule has 0 spiro atoms. The first-order chi connectivity index (χ1) is 8.25. The lowest BCUT2D eigenvalue weighted by Crippen LogP contribution is -2.05. The summed E-state index contributed by atoms with van der Waals surface area (Å²) in [5, 5.41) is 14.1. The number of benzene rings is 1. The van der Waals surface area contributed by atoms with Crippen molar-refractivity contribution in [1.29, 1.82) is 0 Å². The minimum Gasteiger partial charge on any atom is -0.478 e. The molecule has 2 rings (SSSR count). The second-order valence-electron chi connectivity index (χ2n) is 3.64. The minimum absolute atomic E-state index is 0.311. The normalized spacial score (nSPS) is 10.1. The Labute approximate surface area is 104 Å². The molecule has 0 atom stereocenters. The van der Waals surface area contributed by atoms with Crippen LogP contribution in [0.5, 0.6) is 0 Å². The fourth-order valence-electron chi connectivity index (χ4n) is 1.55. The highest BCUT2D eigenvalue weighted by Crippen LogP contribution is 2.12. The Morgan fingerprint density at radius 3 is 2.88 bits per heavy atom. The van der Waals surface area contributed by atoms with Crippen LogP contribution in [-0.4, -0.2) is 17.6 Å². The second-order valence-corrected chi connectivity index (χ2v) is 4.67. The van der Waals surface area contributed by atoms with Crippen molar-refractivity contribution in [2.24, 2.45) is 0 Å². The Bertz CT molecular complexity index is 494. The Hall–Kier alpha value is -1.81. The standard InChI is InChI=1S/C13H13NO2S/c15-13(16)10-3-1-4-11(9-10)14-7-6-12-5-2-8-17-12/h1-5,8-9,14H,6-7H2,(H,15,16). The molecule has 0 saturated heterocycles. The van der Waals surface area contributed by atoms with Crippen LogP contribution in [0.4, 0.5) is 5.69 Å². The molecule has 0 radical (unpaired) electrons. The average molecular weight is 247 g/mol. The number of rotatable bonds is 5. The van der Waals surface area contributed by atoms with Crippen molar-refractivity contribution < 1.29 is 9.90 Å². The summed E-state index contributed by atoms with van der Waals surface area (Å²) in [6, 6.07) is 11.0. The van der Waals surface area contributed by atoms with Gasteiger partial charge in [-0.3, -0.25) is 0 Å². The fraction of sp³-hybridized carbons (Fsp3) is 0.154. The van der Waals surface area contributed by atoms with Crippen molar-refractivity contribution in [3.63, 3.8) is 0 Å². The highest BCUT2D eigenvalue weighted by atomic mass is 32.1. The predicted octanol–water partition coefficient (Wildman–Crippen LogP) is 3.10. The van der Waals surface area contributed by atoms with E-state index in [9.17, 15) is 4.79 Å². The average Bonchev–Trinajstić information content (AvgIpc) is 2.82. The van der Waals surface area contributed by atoms with Crippen LogP contribution in [0.15, 0.2) is 41.8 Å². The molecule has 0 saturated carbocycles. The van der Waals surface area contributed by atoms with E-state index in [1.54, 1.807) is 29.5 Å². The van der Waals surface area contributed by atoms with Crippen LogP contribution in [0.1, 0.15) is 15.2 Å². The minimum atomic E-state index is -0.896. The van der Waals surface area contributed by atoms with Crippen LogP contribution in [0.2, 0.25) is 0 Å². The number of carbonyl (C=O) groups is 1. The van der Waals surface area contributed by atoms with Gasteiger partial charge in [-0.15, -0.1) is 11.3 Å². The molecule has 0 aliphatic heterocycles. The number of anilines is 1. The van der Waals surface area contributed by atoms with Crippen molar-refractivity contribution >= 4 is 23.0 Å². The van der Waals surface area contributed by atoms with Gasteiger partial charge in [-0.1, -0.05) is 12.1 Å². The number of nitrogens with one attached hydrogen (secondary N) is 1. The smallest absolute Gasteiger partial charge is 0.335 e. The third-order valence-electron chi connectivity index (χ3n) is 2.39. The molecule has 0 aliphatic rings. The molecule has 0 fully saturated rings. The number of hydrogen-bond donors (Lipinski definition) is 2. The highest BCUT2D eigenvalue weighted by Gasteiger charge is 2.02. The number of carboxylic acids is 1. The molecule has 1 aromatic carbocycles. The van der Waals surface area contributed by atoms with Gasteiger partial charge in [0.2, 0.25) is 0 Å². The molecule has 17 heavy (non-hydrogen) atoms. The first-order valence-electron chi connectivity index (χ1n) is 5.35. The quantitative estimate of drug-likeness (QED) is 0.853. The monoisotopic (exact) mass is 247 g/mol. The summed E-state index contributed by atoms with van der Waals surface area (Å²) >= 11 is 1.73. The van der Waals surface area contributed by atoms with E-state index in [1.807, 2.05) is 12.1 Å². The summed E-state index contributed by atoms with van der Waals surface area (Å²) in [6.45, 7) is 0.809. The van der Waals surface area contributed by atoms with Gasteiger partial charge in [0.05, 0.1) is 5.56 Å². The third-order valence-corrected chi connectivity index (χ3v) is 3.33. The number of hydrogen-bond acceptors (Lipinski definition) is 3. The lowest BCUT2D eigenvalue weighted by atomic mass is 10.2. The molecule has 4 heteroatoms. The van der Waals surface area contributed by atoms with E-state index in [-0.39, 0.29) is 0 Å². The molecule has 3 nitrogen and oxygen atoms in total. The molecule has 2 N–H and O–H groups in total. The molecule has 88 valence electrons. The van der Waals surface area contributed by atoms with Gasteiger partial charge in [-0.25, -0.2) is 4.79 Å². The van der Waals surface area contributed by atoms with Crippen LogP contribution >= 0.6 is 11.3 Å². The molecular weight excluding hydrogens is 234 g/mol. The summed E-state index contributed by atoms with van der Waals surface area (Å²) in [5.41, 5.74) is 1.16. The molecule has 2 aromatic rings. The summed E-state index contributed by atoms with van der Waals surface area (Å²) < 4.78 is 0. The number of thiophene rings is 1. The van der Waals surface area contributed by atoms with E-state index in [2.05, 4.69) is 16.8 Å². The zero-order valence-corrected chi connectivity index (χ0v) is 10.0. The Morgan fingerprint density at radius 1 is 1.29 bits per heavy atom. The van der Waals surface area contributed by atoms with E-state index in [1.165, 1.54) is 4.88 Å². The van der Waals surface area contributed by atoms with Gasteiger partial charge in [-0.05, 0) is 36.1 Å². The molecule has 0 aliphatic carbocycles. The SMILES string of the molecule is O=C(O)c1cccc(NCCc2cccs2)c1. The van der Waals surface area contributed by atoms with Crippen LogP contribution in [0, 0.1) is 0 Å². The van der Waals surface area contributed by atoms with Crippen LogP contribution in [-0.2, 0) is 6.42 Å². The zero-order chi connectivity index (χ0) is 12.1. The van der Waals surface area contributed by atoms with E-state index in [4.69, 9.17) is 5.11 Å². The van der Waals surface area contributed by atoms with E-state index < -0.39 is 5.97 Å². The summed E-state index contributed by atoms with van der Waals surface area (Å²) in [4.78, 5) is 12.1. The molecule has 1 heterocycles. The van der Waals surface area contributed by atoms with E-state index >= 15 is 0 Å². The zero-order valence-electron chi connectivity index (χ0n) is 9.22. The summed E-state index contributed by atoms with van der Waals surface area (Å²) in [6.07, 6.45) is 0.953. The highest BCUT2D eigenvalue weighted by molar-refractivity contribution is 7.09. The first-order valence-corrected chi connectivity index (χ1v) is 6.23. The maximum atomic E-state index is 10.8. The van der Waals surface area contributed by atoms with Crippen LogP contribution < -0.4 is 5.32 Å². The summed E-state index contributed by atoms with van der Waals surface area (Å²) in [5.74, 6) is -0.896. The molecule has 0 amide bonds. The predicted molar refractivity (Wildman–Crippen MR) is 69.9 cm³/mol.